The van der Waals surface area contributed by atoms with Crippen LogP contribution in [0.3, 0.4) is 0 Å². The predicted molar refractivity (Wildman–Crippen MR) is 74.5 cm³/mol. The highest BCUT2D eigenvalue weighted by Gasteiger charge is 2.16. The summed E-state index contributed by atoms with van der Waals surface area (Å²) in [5.74, 6) is 0.802. The molecule has 0 aromatic carbocycles. The van der Waals surface area contributed by atoms with Gasteiger partial charge in [-0.1, -0.05) is 0 Å². The average molecular weight is 250 g/mol. The highest BCUT2D eigenvalue weighted by molar-refractivity contribution is 4.99. The van der Waals surface area contributed by atoms with E-state index in [1.165, 1.54) is 25.9 Å². The third-order valence-corrected chi connectivity index (χ3v) is 3.65. The van der Waals surface area contributed by atoms with Crippen molar-refractivity contribution < 1.29 is 0 Å². The summed E-state index contributed by atoms with van der Waals surface area (Å²) in [5.41, 5.74) is 1.15. The van der Waals surface area contributed by atoms with Crippen molar-refractivity contribution in [1.29, 1.82) is 0 Å². The minimum Gasteiger partial charge on any atom is -0.311 e. The van der Waals surface area contributed by atoms with Crippen molar-refractivity contribution in [3.63, 3.8) is 0 Å². The first-order chi connectivity index (χ1) is 8.65. The minimum atomic E-state index is 0.450. The number of aromatic nitrogens is 2. The Labute approximate surface area is 110 Å². The normalized spacial score (nSPS) is 21.7. The van der Waals surface area contributed by atoms with E-state index < -0.39 is 0 Å². The maximum absolute atomic E-state index is 4.55. The van der Waals surface area contributed by atoms with E-state index in [4.69, 9.17) is 0 Å². The number of nitrogens with zero attached hydrogens (tertiary/aromatic N) is 3. The number of nitrogens with one attached hydrogen (secondary N) is 1. The summed E-state index contributed by atoms with van der Waals surface area (Å²) in [6.45, 7) is 8.80. The van der Waals surface area contributed by atoms with Crippen molar-refractivity contribution >= 4 is 0 Å². The van der Waals surface area contributed by atoms with Crippen molar-refractivity contribution in [1.82, 2.24) is 20.0 Å². The van der Waals surface area contributed by atoms with Crippen molar-refractivity contribution in [3.05, 3.63) is 18.0 Å². The first kappa shape index (κ1) is 13.6. The van der Waals surface area contributed by atoms with E-state index in [-0.39, 0.29) is 0 Å². The van der Waals surface area contributed by atoms with Gasteiger partial charge in [0.05, 0.1) is 5.69 Å². The summed E-state index contributed by atoms with van der Waals surface area (Å²) in [5, 5.41) is 8.09. The van der Waals surface area contributed by atoms with E-state index in [1.807, 2.05) is 4.68 Å². The molecule has 1 aliphatic heterocycles. The molecule has 0 aliphatic carbocycles. The summed E-state index contributed by atoms with van der Waals surface area (Å²) in [7, 11) is 2.22. The van der Waals surface area contributed by atoms with E-state index >= 15 is 0 Å². The molecule has 1 aromatic heterocycles. The van der Waals surface area contributed by atoms with Gasteiger partial charge in [0.1, 0.15) is 0 Å². The summed E-state index contributed by atoms with van der Waals surface area (Å²) in [6, 6.07) is 2.56. The number of hydrogen-bond acceptors (Lipinski definition) is 3. The van der Waals surface area contributed by atoms with E-state index in [0.717, 1.165) is 24.7 Å². The fourth-order valence-electron chi connectivity index (χ4n) is 2.60. The molecule has 0 spiro atoms. The fraction of sp³-hybridized carbons (Fsp3) is 0.786. The van der Waals surface area contributed by atoms with Gasteiger partial charge in [0.15, 0.2) is 0 Å². The van der Waals surface area contributed by atoms with Crippen LogP contribution in [0.2, 0.25) is 0 Å². The lowest BCUT2D eigenvalue weighted by Crippen LogP contribution is -2.37. The highest BCUT2D eigenvalue weighted by atomic mass is 15.3. The van der Waals surface area contributed by atoms with Crippen LogP contribution in [-0.4, -0.2) is 41.4 Å². The molecule has 4 nitrogen and oxygen atoms in total. The molecule has 1 aliphatic rings. The summed E-state index contributed by atoms with van der Waals surface area (Å²) in [4.78, 5) is 2.43. The topological polar surface area (TPSA) is 33.1 Å². The smallest absolute Gasteiger partial charge is 0.0762 e. The van der Waals surface area contributed by atoms with Crippen LogP contribution in [0.15, 0.2) is 12.3 Å². The zero-order valence-electron chi connectivity index (χ0n) is 11.9. The van der Waals surface area contributed by atoms with Gasteiger partial charge in [-0.05, 0) is 58.8 Å². The molecule has 0 radical (unpaired) electrons. The van der Waals surface area contributed by atoms with Crippen LogP contribution in [0.4, 0.5) is 0 Å². The molecular formula is C14H26N4. The molecule has 0 bridgehead atoms. The van der Waals surface area contributed by atoms with E-state index in [0.29, 0.717) is 6.04 Å². The van der Waals surface area contributed by atoms with E-state index in [9.17, 15) is 0 Å². The molecule has 1 fully saturated rings. The quantitative estimate of drug-likeness (QED) is 0.866. The molecule has 1 unspecified atom stereocenters. The maximum atomic E-state index is 4.55. The van der Waals surface area contributed by atoms with Gasteiger partial charge in [-0.2, -0.15) is 5.10 Å². The number of likely N-dealkylation sites (tertiary alicyclic amines) is 1. The third-order valence-electron chi connectivity index (χ3n) is 3.65. The Morgan fingerprint density at radius 3 is 3.00 bits per heavy atom. The second-order valence-electron chi connectivity index (χ2n) is 5.78. The monoisotopic (exact) mass is 250 g/mol. The van der Waals surface area contributed by atoms with Gasteiger partial charge in [0.25, 0.3) is 0 Å². The zero-order chi connectivity index (χ0) is 13.0. The second kappa shape index (κ2) is 6.34. The van der Waals surface area contributed by atoms with Crippen molar-refractivity contribution in [3.8, 4) is 0 Å². The Morgan fingerprint density at radius 2 is 2.33 bits per heavy atom. The van der Waals surface area contributed by atoms with Gasteiger partial charge in [0, 0.05) is 25.3 Å². The lowest BCUT2D eigenvalue weighted by Gasteiger charge is -2.29. The Balaban J connectivity index is 1.71. The van der Waals surface area contributed by atoms with Crippen molar-refractivity contribution in [2.45, 2.75) is 39.3 Å². The van der Waals surface area contributed by atoms with Gasteiger partial charge < -0.3 is 10.2 Å². The number of hydrogen-bond donors (Lipinski definition) is 1. The molecule has 1 atom stereocenters. The molecule has 2 rings (SSSR count). The Hall–Kier alpha value is -0.870. The molecule has 18 heavy (non-hydrogen) atoms. The average Bonchev–Trinajstić information content (AvgIpc) is 2.78. The van der Waals surface area contributed by atoms with Crippen LogP contribution in [0.1, 0.15) is 38.4 Å². The maximum Gasteiger partial charge on any atom is 0.0762 e. The van der Waals surface area contributed by atoms with Gasteiger partial charge in [0.2, 0.25) is 0 Å². The minimum absolute atomic E-state index is 0.450. The zero-order valence-corrected chi connectivity index (χ0v) is 11.9. The molecule has 0 saturated carbocycles. The molecule has 4 heteroatoms. The molecule has 102 valence electrons. The first-order valence-electron chi connectivity index (χ1n) is 7.08. The number of piperidine rings is 1. The largest absolute Gasteiger partial charge is 0.311 e. The van der Waals surface area contributed by atoms with Crippen LogP contribution in [0.25, 0.3) is 0 Å². The number of rotatable bonds is 5. The molecule has 1 aromatic rings. The van der Waals surface area contributed by atoms with Crippen LogP contribution in [0.5, 0.6) is 0 Å². The molecular weight excluding hydrogens is 224 g/mol. The van der Waals surface area contributed by atoms with E-state index in [2.05, 4.69) is 48.5 Å². The Bertz CT molecular complexity index is 358. The van der Waals surface area contributed by atoms with Crippen molar-refractivity contribution in [2.75, 3.05) is 26.7 Å². The van der Waals surface area contributed by atoms with Crippen molar-refractivity contribution in [2.24, 2.45) is 5.92 Å². The van der Waals surface area contributed by atoms with Crippen LogP contribution in [-0.2, 0) is 6.54 Å². The fourth-order valence-corrected chi connectivity index (χ4v) is 2.60. The van der Waals surface area contributed by atoms with Gasteiger partial charge >= 0.3 is 0 Å². The summed E-state index contributed by atoms with van der Waals surface area (Å²) >= 11 is 0. The lowest BCUT2D eigenvalue weighted by atomic mass is 9.98. The highest BCUT2D eigenvalue weighted by Crippen LogP contribution is 2.14. The van der Waals surface area contributed by atoms with Gasteiger partial charge in [-0.15, -0.1) is 0 Å². The van der Waals surface area contributed by atoms with E-state index in [1.54, 1.807) is 0 Å². The summed E-state index contributed by atoms with van der Waals surface area (Å²) in [6.07, 6.45) is 4.76. The molecule has 0 amide bonds. The first-order valence-corrected chi connectivity index (χ1v) is 7.08. The van der Waals surface area contributed by atoms with Crippen LogP contribution >= 0.6 is 0 Å². The summed E-state index contributed by atoms with van der Waals surface area (Å²) < 4.78 is 2.02. The lowest BCUT2D eigenvalue weighted by molar-refractivity contribution is 0.206. The van der Waals surface area contributed by atoms with Crippen LogP contribution < -0.4 is 5.32 Å². The van der Waals surface area contributed by atoms with Crippen LogP contribution in [0, 0.1) is 5.92 Å². The standard InChI is InChI=1S/C14H26N4/c1-12(2)18-8-6-14(16-18)10-15-9-13-5-4-7-17(3)11-13/h6,8,12-13,15H,4-5,7,9-11H2,1-3H3. The molecule has 1 saturated heterocycles. The Kier molecular flexibility index (Phi) is 4.78. The molecule has 1 N–H and O–H groups in total. The van der Waals surface area contributed by atoms with Gasteiger partial charge in [-0.3, -0.25) is 4.68 Å². The molecule has 2 heterocycles. The van der Waals surface area contributed by atoms with Gasteiger partial charge in [-0.25, -0.2) is 0 Å². The second-order valence-corrected chi connectivity index (χ2v) is 5.78. The Morgan fingerprint density at radius 1 is 1.50 bits per heavy atom. The predicted octanol–water partition coefficient (Wildman–Crippen LogP) is 1.90. The SMILES string of the molecule is CC(C)n1ccc(CNCC2CCCN(C)C2)n1. The third kappa shape index (κ3) is 3.82.